The molecule has 2 aromatic carbocycles. The first kappa shape index (κ1) is 19.8. The van der Waals surface area contributed by atoms with Crippen LogP contribution >= 0.6 is 11.6 Å². The summed E-state index contributed by atoms with van der Waals surface area (Å²) in [4.78, 5) is 21.5. The minimum Gasteiger partial charge on any atom is -0.339 e. The Morgan fingerprint density at radius 1 is 1.10 bits per heavy atom. The predicted molar refractivity (Wildman–Crippen MR) is 124 cm³/mol. The lowest BCUT2D eigenvalue weighted by molar-refractivity contribution is -0.119. The van der Waals surface area contributed by atoms with E-state index < -0.39 is 0 Å². The molecule has 0 saturated carbocycles. The van der Waals surface area contributed by atoms with E-state index in [1.54, 1.807) is 6.20 Å². The van der Waals surface area contributed by atoms with E-state index in [1.165, 1.54) is 5.56 Å². The number of anilines is 5. The van der Waals surface area contributed by atoms with Gasteiger partial charge in [0.15, 0.2) is 5.82 Å². The first-order valence-corrected chi connectivity index (χ1v) is 10.8. The van der Waals surface area contributed by atoms with Crippen LogP contribution in [0.5, 0.6) is 0 Å². The van der Waals surface area contributed by atoms with E-state index in [2.05, 4.69) is 49.4 Å². The molecule has 0 radical (unpaired) electrons. The van der Waals surface area contributed by atoms with E-state index in [-0.39, 0.29) is 11.8 Å². The van der Waals surface area contributed by atoms with Gasteiger partial charge in [-0.25, -0.2) is 4.98 Å². The standard InChI is InChI=1S/C23H23ClN6O/c24-19-13-26-23-28-17-3-1-2-14(10-17)4-5-15-11-18(27-21(19)30-23)6-7-20(15)29-22(31)16-8-9-25-12-16/h1-3,6-7,10-11,13,16,25H,4-5,8-9,12H2,(H,29,31)(H2,26,27,28,30)/t16-/m1/s1. The van der Waals surface area contributed by atoms with E-state index in [4.69, 9.17) is 11.6 Å². The average Bonchev–Trinajstić information content (AvgIpc) is 3.31. The lowest BCUT2D eigenvalue weighted by atomic mass is 10.0. The Morgan fingerprint density at radius 2 is 2.00 bits per heavy atom. The average molecular weight is 435 g/mol. The molecule has 4 N–H and O–H groups in total. The second kappa shape index (κ2) is 8.53. The van der Waals surface area contributed by atoms with Gasteiger partial charge in [-0.2, -0.15) is 4.98 Å². The van der Waals surface area contributed by atoms with Gasteiger partial charge in [0, 0.05) is 23.6 Å². The molecule has 8 heteroatoms. The number of amides is 1. The summed E-state index contributed by atoms with van der Waals surface area (Å²) in [5.41, 5.74) is 4.87. The van der Waals surface area contributed by atoms with Gasteiger partial charge >= 0.3 is 0 Å². The third-order valence-corrected chi connectivity index (χ3v) is 5.94. The molecule has 5 rings (SSSR count). The minimum atomic E-state index is 0.0146. The summed E-state index contributed by atoms with van der Waals surface area (Å²) in [6, 6.07) is 14.1. The van der Waals surface area contributed by atoms with Crippen LogP contribution in [0.3, 0.4) is 0 Å². The molecule has 2 aliphatic rings. The number of carbonyl (C=O) groups excluding carboxylic acids is 1. The molecule has 2 aliphatic heterocycles. The van der Waals surface area contributed by atoms with Gasteiger partial charge in [-0.1, -0.05) is 23.7 Å². The van der Waals surface area contributed by atoms with Crippen molar-refractivity contribution in [1.29, 1.82) is 0 Å². The fourth-order valence-electron chi connectivity index (χ4n) is 3.98. The fourth-order valence-corrected chi connectivity index (χ4v) is 4.12. The number of hydrogen-bond donors (Lipinski definition) is 4. The Labute approximate surface area is 185 Å². The molecule has 7 nitrogen and oxygen atoms in total. The highest BCUT2D eigenvalue weighted by Gasteiger charge is 2.23. The van der Waals surface area contributed by atoms with Crippen LogP contribution in [0.25, 0.3) is 0 Å². The van der Waals surface area contributed by atoms with Crippen LogP contribution < -0.4 is 21.3 Å². The van der Waals surface area contributed by atoms with Gasteiger partial charge in [-0.15, -0.1) is 0 Å². The summed E-state index contributed by atoms with van der Waals surface area (Å²) >= 11 is 6.33. The van der Waals surface area contributed by atoms with Crippen LogP contribution in [-0.2, 0) is 17.6 Å². The van der Waals surface area contributed by atoms with E-state index in [9.17, 15) is 4.79 Å². The molecular formula is C23H23ClN6O. The number of benzene rings is 2. The highest BCUT2D eigenvalue weighted by Crippen LogP contribution is 2.29. The molecule has 158 valence electrons. The van der Waals surface area contributed by atoms with Gasteiger partial charge in [0.05, 0.1) is 12.1 Å². The van der Waals surface area contributed by atoms with Crippen molar-refractivity contribution < 1.29 is 4.79 Å². The van der Waals surface area contributed by atoms with Crippen molar-refractivity contribution in [2.45, 2.75) is 19.3 Å². The molecule has 31 heavy (non-hydrogen) atoms. The first-order valence-electron chi connectivity index (χ1n) is 10.4. The van der Waals surface area contributed by atoms with Gasteiger partial charge in [0.1, 0.15) is 5.02 Å². The van der Waals surface area contributed by atoms with Crippen LogP contribution in [0.2, 0.25) is 5.02 Å². The molecule has 0 unspecified atom stereocenters. The van der Waals surface area contributed by atoms with E-state index in [1.807, 2.05) is 24.3 Å². The lowest BCUT2D eigenvalue weighted by Crippen LogP contribution is -2.25. The van der Waals surface area contributed by atoms with Crippen molar-refractivity contribution in [3.63, 3.8) is 0 Å². The number of carbonyl (C=O) groups is 1. The van der Waals surface area contributed by atoms with Crippen molar-refractivity contribution >= 4 is 46.3 Å². The monoisotopic (exact) mass is 434 g/mol. The Kier molecular flexibility index (Phi) is 5.44. The molecule has 0 spiro atoms. The summed E-state index contributed by atoms with van der Waals surface area (Å²) < 4.78 is 0. The summed E-state index contributed by atoms with van der Waals surface area (Å²) in [5, 5.41) is 13.4. The quantitative estimate of drug-likeness (QED) is 0.481. The number of rotatable bonds is 2. The summed E-state index contributed by atoms with van der Waals surface area (Å²) in [6.07, 6.45) is 4.07. The van der Waals surface area contributed by atoms with Gasteiger partial charge in [-0.05, 0) is 67.3 Å². The smallest absolute Gasteiger partial charge is 0.229 e. The molecule has 1 amide bonds. The second-order valence-corrected chi connectivity index (χ2v) is 8.30. The first-order chi connectivity index (χ1) is 15.1. The number of aryl methyl sites for hydroxylation is 2. The van der Waals surface area contributed by atoms with E-state index in [0.29, 0.717) is 16.8 Å². The number of halogens is 1. The van der Waals surface area contributed by atoms with Gasteiger partial charge in [0.2, 0.25) is 11.9 Å². The van der Waals surface area contributed by atoms with Crippen molar-refractivity contribution in [1.82, 2.24) is 15.3 Å². The molecule has 3 aromatic rings. The molecule has 3 heterocycles. The third-order valence-electron chi connectivity index (χ3n) is 5.67. The van der Waals surface area contributed by atoms with E-state index >= 15 is 0 Å². The highest BCUT2D eigenvalue weighted by molar-refractivity contribution is 6.32. The summed E-state index contributed by atoms with van der Waals surface area (Å²) in [6.45, 7) is 1.62. The molecule has 0 aliphatic carbocycles. The second-order valence-electron chi connectivity index (χ2n) is 7.89. The SMILES string of the molecule is O=C(Nc1ccc2cc1CCc1cccc(c1)Nc1ncc(Cl)c(n1)N2)[C@@H]1CCNC1. The Balaban J connectivity index is 1.51. The number of hydrogen-bond acceptors (Lipinski definition) is 6. The highest BCUT2D eigenvalue weighted by atomic mass is 35.5. The Morgan fingerprint density at radius 3 is 2.87 bits per heavy atom. The van der Waals surface area contributed by atoms with Crippen LogP contribution in [-0.4, -0.2) is 29.0 Å². The van der Waals surface area contributed by atoms with Crippen molar-refractivity contribution in [2.24, 2.45) is 5.92 Å². The maximum atomic E-state index is 12.7. The number of aromatic nitrogens is 2. The maximum Gasteiger partial charge on any atom is 0.229 e. The number of fused-ring (bicyclic) bond motifs is 6. The third kappa shape index (κ3) is 4.47. The zero-order valence-corrected chi connectivity index (χ0v) is 17.7. The normalized spacial score (nSPS) is 17.4. The predicted octanol–water partition coefficient (Wildman–Crippen LogP) is 4.26. The molecule has 1 aromatic heterocycles. The maximum absolute atomic E-state index is 12.7. The Bertz CT molecular complexity index is 1130. The zero-order valence-electron chi connectivity index (χ0n) is 16.9. The Hall–Kier alpha value is -3.16. The van der Waals surface area contributed by atoms with Crippen LogP contribution in [0, 0.1) is 5.92 Å². The summed E-state index contributed by atoms with van der Waals surface area (Å²) in [5.74, 6) is 1.08. The lowest BCUT2D eigenvalue weighted by Gasteiger charge is -2.16. The minimum absolute atomic E-state index is 0.0146. The molecule has 1 fully saturated rings. The van der Waals surface area contributed by atoms with Crippen molar-refractivity contribution in [2.75, 3.05) is 29.0 Å². The number of nitrogens with one attached hydrogen (secondary N) is 4. The van der Waals surface area contributed by atoms with Crippen LogP contribution in [0.15, 0.2) is 48.7 Å². The molecule has 1 atom stereocenters. The molecular weight excluding hydrogens is 412 g/mol. The van der Waals surface area contributed by atoms with Gasteiger partial charge in [-0.3, -0.25) is 4.79 Å². The largest absolute Gasteiger partial charge is 0.339 e. The molecule has 1 saturated heterocycles. The van der Waals surface area contributed by atoms with E-state index in [0.717, 1.165) is 55.0 Å². The topological polar surface area (TPSA) is 91.0 Å². The van der Waals surface area contributed by atoms with Crippen LogP contribution in [0.1, 0.15) is 17.5 Å². The van der Waals surface area contributed by atoms with Crippen LogP contribution in [0.4, 0.5) is 28.8 Å². The van der Waals surface area contributed by atoms with Crippen molar-refractivity contribution in [3.05, 3.63) is 64.8 Å². The fraction of sp³-hybridized carbons (Fsp3) is 0.261. The summed E-state index contributed by atoms with van der Waals surface area (Å²) in [7, 11) is 0. The van der Waals surface area contributed by atoms with Crippen molar-refractivity contribution in [3.8, 4) is 0 Å². The molecule has 6 bridgehead atoms. The van der Waals surface area contributed by atoms with Gasteiger partial charge in [0.25, 0.3) is 0 Å². The number of nitrogens with zero attached hydrogens (tertiary/aromatic N) is 2. The zero-order chi connectivity index (χ0) is 21.2. The van der Waals surface area contributed by atoms with Gasteiger partial charge < -0.3 is 21.3 Å².